The molecule has 26 heavy (non-hydrogen) atoms. The maximum atomic E-state index is 12.5. The zero-order valence-corrected chi connectivity index (χ0v) is 15.3. The molecule has 0 fully saturated rings. The number of carbonyl (C=O) groups is 1. The maximum Gasteiger partial charge on any atom is 0.237 e. The van der Waals surface area contributed by atoms with Crippen molar-refractivity contribution in [2.75, 3.05) is 0 Å². The third-order valence-corrected chi connectivity index (χ3v) is 6.03. The molecule has 0 spiro atoms. The van der Waals surface area contributed by atoms with E-state index in [9.17, 15) is 4.79 Å². The second-order valence-corrected chi connectivity index (χ2v) is 7.99. The summed E-state index contributed by atoms with van der Waals surface area (Å²) < 4.78 is 0. The van der Waals surface area contributed by atoms with Crippen LogP contribution >= 0.6 is 11.3 Å². The largest absolute Gasteiger partial charge is 0.351 e. The summed E-state index contributed by atoms with van der Waals surface area (Å²) in [6.07, 6.45) is 2.36. The van der Waals surface area contributed by atoms with Crippen LogP contribution in [0.15, 0.2) is 66.7 Å². The van der Waals surface area contributed by atoms with Crippen LogP contribution in [0.25, 0.3) is 10.4 Å². The first-order valence-electron chi connectivity index (χ1n) is 8.96. The zero-order chi connectivity index (χ0) is 17.9. The molecule has 1 aromatic heterocycles. The number of amides is 1. The van der Waals surface area contributed by atoms with Crippen molar-refractivity contribution >= 4 is 17.2 Å². The molecule has 1 aliphatic carbocycles. The van der Waals surface area contributed by atoms with Crippen molar-refractivity contribution in [3.63, 3.8) is 0 Å². The van der Waals surface area contributed by atoms with Gasteiger partial charge >= 0.3 is 0 Å². The first-order valence-corrected chi connectivity index (χ1v) is 9.77. The molecule has 1 heterocycles. The molecule has 0 saturated heterocycles. The average molecular weight is 362 g/mol. The van der Waals surface area contributed by atoms with Gasteiger partial charge in [-0.1, -0.05) is 54.6 Å². The Morgan fingerprint density at radius 1 is 1.00 bits per heavy atom. The molecule has 4 rings (SSSR count). The summed E-state index contributed by atoms with van der Waals surface area (Å²) in [5, 5.41) is 3.12. The van der Waals surface area contributed by atoms with E-state index in [1.54, 1.807) is 11.3 Å². The summed E-state index contributed by atoms with van der Waals surface area (Å²) in [6, 6.07) is 22.5. The Morgan fingerprint density at radius 3 is 2.35 bits per heavy atom. The summed E-state index contributed by atoms with van der Waals surface area (Å²) in [6.45, 7) is 0. The van der Waals surface area contributed by atoms with Gasteiger partial charge in [-0.2, -0.15) is 0 Å². The summed E-state index contributed by atoms with van der Waals surface area (Å²) in [5.74, 6) is -0.0579. The van der Waals surface area contributed by atoms with Crippen molar-refractivity contribution in [3.05, 3.63) is 82.7 Å². The minimum atomic E-state index is -0.513. The van der Waals surface area contributed by atoms with Crippen LogP contribution < -0.4 is 11.1 Å². The second kappa shape index (κ2) is 7.44. The monoisotopic (exact) mass is 362 g/mol. The van der Waals surface area contributed by atoms with E-state index in [0.717, 1.165) is 17.7 Å². The molecule has 0 saturated carbocycles. The highest BCUT2D eigenvalue weighted by atomic mass is 32.1. The molecule has 0 unspecified atom stereocenters. The molecule has 0 aliphatic heterocycles. The molecule has 0 radical (unpaired) electrons. The van der Waals surface area contributed by atoms with Gasteiger partial charge in [0.25, 0.3) is 0 Å². The molecule has 3 nitrogen and oxygen atoms in total. The Labute approximate surface area is 157 Å². The van der Waals surface area contributed by atoms with Crippen LogP contribution in [0.1, 0.15) is 16.0 Å². The second-order valence-electron chi connectivity index (χ2n) is 6.83. The van der Waals surface area contributed by atoms with Crippen molar-refractivity contribution in [3.8, 4) is 10.4 Å². The number of hydrogen-bond acceptors (Lipinski definition) is 3. The van der Waals surface area contributed by atoms with E-state index in [0.29, 0.717) is 6.42 Å². The maximum absolute atomic E-state index is 12.5. The van der Waals surface area contributed by atoms with Crippen LogP contribution in [0, 0.1) is 0 Å². The van der Waals surface area contributed by atoms with Crippen molar-refractivity contribution < 1.29 is 4.79 Å². The van der Waals surface area contributed by atoms with Gasteiger partial charge in [0.1, 0.15) is 0 Å². The quantitative estimate of drug-likeness (QED) is 0.729. The van der Waals surface area contributed by atoms with E-state index in [-0.39, 0.29) is 11.9 Å². The van der Waals surface area contributed by atoms with Gasteiger partial charge in [-0.3, -0.25) is 4.79 Å². The molecule has 132 valence electrons. The third kappa shape index (κ3) is 3.71. The fourth-order valence-corrected chi connectivity index (χ4v) is 4.60. The number of thiophene rings is 1. The molecular weight excluding hydrogens is 340 g/mol. The molecule has 0 bridgehead atoms. The number of benzene rings is 2. The van der Waals surface area contributed by atoms with E-state index < -0.39 is 6.04 Å². The summed E-state index contributed by atoms with van der Waals surface area (Å²) >= 11 is 1.70. The number of carbonyl (C=O) groups excluding carboxylic acids is 1. The van der Waals surface area contributed by atoms with Crippen LogP contribution in [0.3, 0.4) is 0 Å². The smallest absolute Gasteiger partial charge is 0.237 e. The highest BCUT2D eigenvalue weighted by Crippen LogP contribution is 2.28. The lowest BCUT2D eigenvalue weighted by atomic mass is 10.1. The molecule has 3 aromatic rings. The van der Waals surface area contributed by atoms with Crippen LogP contribution in [-0.4, -0.2) is 18.0 Å². The van der Waals surface area contributed by atoms with Gasteiger partial charge in [-0.15, -0.1) is 11.3 Å². The van der Waals surface area contributed by atoms with Crippen molar-refractivity contribution in [1.29, 1.82) is 0 Å². The molecule has 2 aromatic carbocycles. The minimum Gasteiger partial charge on any atom is -0.351 e. The van der Waals surface area contributed by atoms with E-state index in [1.165, 1.54) is 21.6 Å². The number of nitrogens with two attached hydrogens (primary N) is 1. The van der Waals surface area contributed by atoms with E-state index in [2.05, 4.69) is 53.8 Å². The number of rotatable bonds is 5. The predicted octanol–water partition coefficient (Wildman–Crippen LogP) is 3.57. The van der Waals surface area contributed by atoms with Crippen molar-refractivity contribution in [1.82, 2.24) is 5.32 Å². The first kappa shape index (κ1) is 17.0. The molecule has 1 aliphatic rings. The van der Waals surface area contributed by atoms with Crippen LogP contribution in [-0.2, 0) is 24.1 Å². The van der Waals surface area contributed by atoms with E-state index in [1.807, 2.05) is 18.2 Å². The van der Waals surface area contributed by atoms with Gasteiger partial charge in [0.15, 0.2) is 0 Å². The Kier molecular flexibility index (Phi) is 4.87. The van der Waals surface area contributed by atoms with E-state index in [4.69, 9.17) is 5.73 Å². The van der Waals surface area contributed by atoms with Gasteiger partial charge in [-0.05, 0) is 41.7 Å². The summed E-state index contributed by atoms with van der Waals surface area (Å²) in [7, 11) is 0. The van der Waals surface area contributed by atoms with Gasteiger partial charge < -0.3 is 11.1 Å². The highest BCUT2D eigenvalue weighted by molar-refractivity contribution is 7.15. The van der Waals surface area contributed by atoms with Crippen LogP contribution in [0.4, 0.5) is 0 Å². The van der Waals surface area contributed by atoms with Crippen LogP contribution in [0.2, 0.25) is 0 Å². The number of hydrogen-bond donors (Lipinski definition) is 2. The topological polar surface area (TPSA) is 55.1 Å². The lowest BCUT2D eigenvalue weighted by Gasteiger charge is -2.16. The number of fused-ring (bicyclic) bond motifs is 1. The molecule has 1 amide bonds. The number of nitrogens with one attached hydrogen (secondary N) is 1. The Morgan fingerprint density at radius 2 is 1.65 bits per heavy atom. The van der Waals surface area contributed by atoms with Crippen LogP contribution in [0.5, 0.6) is 0 Å². The lowest BCUT2D eigenvalue weighted by molar-refractivity contribution is -0.122. The standard InChI is InChI=1S/C22H22N2OS/c23-20(14-19-10-11-21(26-19)15-6-2-1-3-7-15)22(25)24-18-12-16-8-4-5-9-17(16)13-18/h1-11,18,20H,12-14,23H2,(H,24,25)/t20-/m0/s1. The average Bonchev–Trinajstić information content (AvgIpc) is 3.28. The Bertz CT molecular complexity index is 878. The van der Waals surface area contributed by atoms with E-state index >= 15 is 0 Å². The fraction of sp³-hybridized carbons (Fsp3) is 0.227. The summed E-state index contributed by atoms with van der Waals surface area (Å²) in [4.78, 5) is 14.8. The van der Waals surface area contributed by atoms with Gasteiger partial charge in [0.2, 0.25) is 5.91 Å². The first-order chi connectivity index (χ1) is 12.7. The van der Waals surface area contributed by atoms with Crippen molar-refractivity contribution in [2.24, 2.45) is 5.73 Å². The SMILES string of the molecule is N[C@@H](Cc1ccc(-c2ccccc2)s1)C(=O)NC1Cc2ccccc2C1. The zero-order valence-electron chi connectivity index (χ0n) is 14.5. The normalized spacial score (nSPS) is 14.8. The molecule has 3 N–H and O–H groups in total. The third-order valence-electron chi connectivity index (χ3n) is 4.88. The van der Waals surface area contributed by atoms with Gasteiger partial charge in [0.05, 0.1) is 6.04 Å². The molecule has 4 heteroatoms. The minimum absolute atomic E-state index is 0.0579. The summed E-state index contributed by atoms with van der Waals surface area (Å²) in [5.41, 5.74) is 10.0. The van der Waals surface area contributed by atoms with Gasteiger partial charge in [-0.25, -0.2) is 0 Å². The van der Waals surface area contributed by atoms with Crippen molar-refractivity contribution in [2.45, 2.75) is 31.3 Å². The van der Waals surface area contributed by atoms with Gasteiger partial charge in [0, 0.05) is 22.2 Å². The molecule has 1 atom stereocenters. The molecular formula is C22H22N2OS. The predicted molar refractivity (Wildman–Crippen MR) is 107 cm³/mol. The Hall–Kier alpha value is -2.43. The Balaban J connectivity index is 1.34. The lowest BCUT2D eigenvalue weighted by Crippen LogP contribution is -2.46. The highest BCUT2D eigenvalue weighted by Gasteiger charge is 2.24. The fourth-order valence-electron chi connectivity index (χ4n) is 3.52.